The Morgan fingerprint density at radius 3 is 2.56 bits per heavy atom. The Kier molecular flexibility index (Phi) is 2.89. The van der Waals surface area contributed by atoms with Gasteiger partial charge in [0.25, 0.3) is 0 Å². The molecule has 0 aromatic heterocycles. The summed E-state index contributed by atoms with van der Waals surface area (Å²) in [5, 5.41) is 0. The second-order valence-corrected chi connectivity index (χ2v) is 4.60. The van der Waals surface area contributed by atoms with Gasteiger partial charge in [-0.05, 0) is 47.2 Å². The van der Waals surface area contributed by atoms with Crippen molar-refractivity contribution in [2.75, 3.05) is 7.11 Å². The van der Waals surface area contributed by atoms with Gasteiger partial charge in [-0.1, -0.05) is 42.5 Å². The minimum atomic E-state index is 0.930. The number of methoxy groups -OCH3 is 1. The molecular formula is C17H16O. The van der Waals surface area contributed by atoms with Gasteiger partial charge in [0.15, 0.2) is 0 Å². The van der Waals surface area contributed by atoms with Gasteiger partial charge >= 0.3 is 0 Å². The Labute approximate surface area is 108 Å². The SMILES string of the molecule is COc1ccc2c(c1)C=C(c1ccccc1)CC2. The van der Waals surface area contributed by atoms with Crippen molar-refractivity contribution in [2.24, 2.45) is 0 Å². The van der Waals surface area contributed by atoms with E-state index >= 15 is 0 Å². The summed E-state index contributed by atoms with van der Waals surface area (Å²) in [5.41, 5.74) is 5.44. The first-order chi connectivity index (χ1) is 8.86. The molecule has 90 valence electrons. The maximum absolute atomic E-state index is 5.29. The first-order valence-corrected chi connectivity index (χ1v) is 6.30. The molecule has 2 aromatic carbocycles. The number of aryl methyl sites for hydroxylation is 1. The predicted octanol–water partition coefficient (Wildman–Crippen LogP) is 4.18. The van der Waals surface area contributed by atoms with Gasteiger partial charge in [0.05, 0.1) is 7.11 Å². The van der Waals surface area contributed by atoms with Crippen molar-refractivity contribution in [1.29, 1.82) is 0 Å². The molecule has 18 heavy (non-hydrogen) atoms. The summed E-state index contributed by atoms with van der Waals surface area (Å²) in [5.74, 6) is 0.930. The van der Waals surface area contributed by atoms with Crippen LogP contribution in [0.4, 0.5) is 0 Å². The number of hydrogen-bond acceptors (Lipinski definition) is 1. The van der Waals surface area contributed by atoms with E-state index in [9.17, 15) is 0 Å². The van der Waals surface area contributed by atoms with Crippen LogP contribution in [0.25, 0.3) is 11.6 Å². The first-order valence-electron chi connectivity index (χ1n) is 6.30. The Morgan fingerprint density at radius 1 is 0.944 bits per heavy atom. The fourth-order valence-corrected chi connectivity index (χ4v) is 2.47. The van der Waals surface area contributed by atoms with Crippen LogP contribution in [0.1, 0.15) is 23.1 Å². The average molecular weight is 236 g/mol. The molecule has 0 saturated carbocycles. The molecule has 1 heteroatoms. The topological polar surface area (TPSA) is 9.23 Å². The lowest BCUT2D eigenvalue weighted by Gasteiger charge is -2.17. The Bertz CT molecular complexity index is 582. The lowest BCUT2D eigenvalue weighted by molar-refractivity contribution is 0.414. The van der Waals surface area contributed by atoms with Crippen LogP contribution in [-0.2, 0) is 6.42 Å². The Morgan fingerprint density at radius 2 is 1.78 bits per heavy atom. The van der Waals surface area contributed by atoms with Crippen LogP contribution in [0.15, 0.2) is 48.5 Å². The first kappa shape index (κ1) is 11.1. The molecule has 1 aliphatic rings. The lowest BCUT2D eigenvalue weighted by atomic mass is 9.89. The van der Waals surface area contributed by atoms with Crippen LogP contribution in [0, 0.1) is 0 Å². The monoisotopic (exact) mass is 236 g/mol. The highest BCUT2D eigenvalue weighted by Gasteiger charge is 2.12. The summed E-state index contributed by atoms with van der Waals surface area (Å²) >= 11 is 0. The van der Waals surface area contributed by atoms with E-state index in [1.54, 1.807) is 7.11 Å². The highest BCUT2D eigenvalue weighted by Crippen LogP contribution is 2.32. The van der Waals surface area contributed by atoms with E-state index in [1.165, 1.54) is 22.3 Å². The van der Waals surface area contributed by atoms with Crippen molar-refractivity contribution in [3.05, 3.63) is 65.2 Å². The molecule has 3 rings (SSSR count). The third-order valence-corrected chi connectivity index (χ3v) is 3.49. The minimum absolute atomic E-state index is 0.930. The summed E-state index contributed by atoms with van der Waals surface area (Å²) in [7, 11) is 1.71. The van der Waals surface area contributed by atoms with Gasteiger partial charge in [0.2, 0.25) is 0 Å². The highest BCUT2D eigenvalue weighted by atomic mass is 16.5. The summed E-state index contributed by atoms with van der Waals surface area (Å²) < 4.78 is 5.29. The van der Waals surface area contributed by atoms with Crippen molar-refractivity contribution < 1.29 is 4.74 Å². The Balaban J connectivity index is 2.02. The van der Waals surface area contributed by atoms with E-state index in [0.29, 0.717) is 0 Å². The number of rotatable bonds is 2. The molecule has 0 spiro atoms. The van der Waals surface area contributed by atoms with Crippen LogP contribution >= 0.6 is 0 Å². The third kappa shape index (κ3) is 2.04. The molecule has 0 heterocycles. The predicted molar refractivity (Wildman–Crippen MR) is 75.6 cm³/mol. The highest BCUT2D eigenvalue weighted by molar-refractivity contribution is 5.84. The zero-order valence-corrected chi connectivity index (χ0v) is 10.5. The molecule has 0 bridgehead atoms. The van der Waals surface area contributed by atoms with Gasteiger partial charge in [-0.25, -0.2) is 0 Å². The summed E-state index contributed by atoms with van der Waals surface area (Å²) in [6, 6.07) is 16.9. The molecule has 1 nitrogen and oxygen atoms in total. The van der Waals surface area contributed by atoms with E-state index in [4.69, 9.17) is 4.74 Å². The second-order valence-electron chi connectivity index (χ2n) is 4.60. The molecule has 2 aromatic rings. The van der Waals surface area contributed by atoms with Crippen molar-refractivity contribution in [1.82, 2.24) is 0 Å². The van der Waals surface area contributed by atoms with E-state index in [-0.39, 0.29) is 0 Å². The zero-order chi connectivity index (χ0) is 12.4. The molecule has 0 unspecified atom stereocenters. The molecule has 0 atom stereocenters. The average Bonchev–Trinajstić information content (AvgIpc) is 2.47. The fraction of sp³-hybridized carbons (Fsp3) is 0.176. The van der Waals surface area contributed by atoms with Gasteiger partial charge < -0.3 is 4.74 Å². The van der Waals surface area contributed by atoms with Crippen molar-refractivity contribution in [2.45, 2.75) is 12.8 Å². The van der Waals surface area contributed by atoms with Gasteiger partial charge in [-0.2, -0.15) is 0 Å². The maximum Gasteiger partial charge on any atom is 0.119 e. The molecule has 0 saturated heterocycles. The third-order valence-electron chi connectivity index (χ3n) is 3.49. The van der Waals surface area contributed by atoms with Crippen LogP contribution in [0.2, 0.25) is 0 Å². The number of ether oxygens (including phenoxy) is 1. The number of benzene rings is 2. The van der Waals surface area contributed by atoms with Crippen LogP contribution < -0.4 is 4.74 Å². The number of hydrogen-bond donors (Lipinski definition) is 0. The molecular weight excluding hydrogens is 220 g/mol. The van der Waals surface area contributed by atoms with Crippen molar-refractivity contribution >= 4 is 11.6 Å². The molecule has 0 radical (unpaired) electrons. The van der Waals surface area contributed by atoms with Gasteiger partial charge in [0.1, 0.15) is 5.75 Å². The molecule has 0 fully saturated rings. The quantitative estimate of drug-likeness (QED) is 0.760. The van der Waals surface area contributed by atoms with Crippen LogP contribution in [0.3, 0.4) is 0 Å². The second kappa shape index (κ2) is 4.69. The van der Waals surface area contributed by atoms with Gasteiger partial charge in [-0.3, -0.25) is 0 Å². The molecule has 0 aliphatic heterocycles. The van der Waals surface area contributed by atoms with Crippen LogP contribution in [0.5, 0.6) is 5.75 Å². The minimum Gasteiger partial charge on any atom is -0.497 e. The molecule has 0 amide bonds. The standard InChI is InChI=1S/C17H16O/c1-18-17-10-9-14-7-8-15(11-16(14)12-17)13-5-3-2-4-6-13/h2-6,9-12H,7-8H2,1H3. The van der Waals surface area contributed by atoms with Crippen molar-refractivity contribution in [3.63, 3.8) is 0 Å². The van der Waals surface area contributed by atoms with E-state index < -0.39 is 0 Å². The van der Waals surface area contributed by atoms with E-state index in [2.05, 4.69) is 48.5 Å². The largest absolute Gasteiger partial charge is 0.497 e. The number of allylic oxidation sites excluding steroid dienone is 1. The fourth-order valence-electron chi connectivity index (χ4n) is 2.47. The maximum atomic E-state index is 5.29. The molecule has 0 N–H and O–H groups in total. The summed E-state index contributed by atoms with van der Waals surface area (Å²) in [4.78, 5) is 0. The van der Waals surface area contributed by atoms with Crippen LogP contribution in [-0.4, -0.2) is 7.11 Å². The van der Waals surface area contributed by atoms with Crippen molar-refractivity contribution in [3.8, 4) is 5.75 Å². The zero-order valence-electron chi connectivity index (χ0n) is 10.5. The van der Waals surface area contributed by atoms with Gasteiger partial charge in [-0.15, -0.1) is 0 Å². The van der Waals surface area contributed by atoms with E-state index in [0.717, 1.165) is 18.6 Å². The van der Waals surface area contributed by atoms with Gasteiger partial charge in [0, 0.05) is 0 Å². The number of fused-ring (bicyclic) bond motifs is 1. The normalized spacial score (nSPS) is 13.7. The summed E-state index contributed by atoms with van der Waals surface area (Å²) in [6.07, 6.45) is 4.51. The molecule has 1 aliphatic carbocycles. The lowest BCUT2D eigenvalue weighted by Crippen LogP contribution is -1.99. The summed E-state index contributed by atoms with van der Waals surface area (Å²) in [6.45, 7) is 0. The smallest absolute Gasteiger partial charge is 0.119 e. The van der Waals surface area contributed by atoms with E-state index in [1.807, 2.05) is 6.07 Å². The Hall–Kier alpha value is -2.02.